The van der Waals surface area contributed by atoms with Crippen LogP contribution < -0.4 is 10.2 Å². The number of carbonyl (C=O) groups is 1. The molecule has 1 aliphatic heterocycles. The predicted octanol–water partition coefficient (Wildman–Crippen LogP) is 1.55. The van der Waals surface area contributed by atoms with Crippen LogP contribution in [0, 0.1) is 0 Å². The molecule has 2 N–H and O–H groups in total. The quantitative estimate of drug-likeness (QED) is 0.853. The van der Waals surface area contributed by atoms with Crippen LogP contribution in [0.1, 0.15) is 6.42 Å². The van der Waals surface area contributed by atoms with Crippen LogP contribution in [0.5, 0.6) is 0 Å². The second-order valence-corrected chi connectivity index (χ2v) is 5.03. The number of hydrogen-bond acceptors (Lipinski definition) is 4. The Kier molecular flexibility index (Phi) is 3.91. The average molecular weight is 252 g/mol. The summed E-state index contributed by atoms with van der Waals surface area (Å²) in [5, 5.41) is 11.7. The van der Waals surface area contributed by atoms with E-state index in [-0.39, 0.29) is 12.5 Å². The van der Waals surface area contributed by atoms with Crippen molar-refractivity contribution in [3.8, 4) is 0 Å². The molecule has 0 saturated carbocycles. The molecule has 1 heterocycles. The molecule has 4 nitrogen and oxygen atoms in total. The van der Waals surface area contributed by atoms with E-state index in [1.807, 2.05) is 25.2 Å². The summed E-state index contributed by atoms with van der Waals surface area (Å²) in [6.45, 7) is 0.998. The highest BCUT2D eigenvalue weighted by Crippen LogP contribution is 2.34. The van der Waals surface area contributed by atoms with E-state index in [0.717, 1.165) is 29.2 Å². The first kappa shape index (κ1) is 12.3. The summed E-state index contributed by atoms with van der Waals surface area (Å²) in [5.41, 5.74) is 1.94. The van der Waals surface area contributed by atoms with Crippen LogP contribution in [-0.2, 0) is 4.79 Å². The third kappa shape index (κ3) is 2.92. The Bertz CT molecular complexity index is 423. The fourth-order valence-corrected chi connectivity index (χ4v) is 2.53. The van der Waals surface area contributed by atoms with Crippen molar-refractivity contribution >= 4 is 29.0 Å². The second-order valence-electron chi connectivity index (χ2n) is 4.02. The number of rotatable bonds is 4. The molecule has 1 amide bonds. The Labute approximate surface area is 105 Å². The number of fused-ring (bicyclic) bond motifs is 1. The molecule has 1 aromatic carbocycles. The van der Waals surface area contributed by atoms with Crippen molar-refractivity contribution in [3.05, 3.63) is 18.2 Å². The minimum atomic E-state index is 0.0534. The van der Waals surface area contributed by atoms with E-state index in [9.17, 15) is 4.79 Å². The number of aliphatic hydroxyl groups excluding tert-OH is 1. The zero-order chi connectivity index (χ0) is 12.3. The number of amides is 1. The number of nitrogens with zero attached hydrogens (tertiary/aromatic N) is 1. The van der Waals surface area contributed by atoms with Gasteiger partial charge in [-0.3, -0.25) is 4.79 Å². The Morgan fingerprint density at radius 3 is 3.12 bits per heavy atom. The molecule has 0 atom stereocenters. The van der Waals surface area contributed by atoms with Gasteiger partial charge in [0.05, 0.1) is 11.4 Å². The minimum Gasteiger partial charge on any atom is -0.396 e. The lowest BCUT2D eigenvalue weighted by molar-refractivity contribution is -0.113. The zero-order valence-electron chi connectivity index (χ0n) is 9.77. The first-order valence-electron chi connectivity index (χ1n) is 5.59. The summed E-state index contributed by atoms with van der Waals surface area (Å²) in [5.74, 6) is 0.546. The van der Waals surface area contributed by atoms with Gasteiger partial charge in [0, 0.05) is 30.8 Å². The summed E-state index contributed by atoms with van der Waals surface area (Å²) >= 11 is 1.56. The molecule has 0 unspecified atom stereocenters. The summed E-state index contributed by atoms with van der Waals surface area (Å²) in [7, 11) is 1.98. The molecule has 1 aromatic rings. The van der Waals surface area contributed by atoms with Crippen LogP contribution in [0.3, 0.4) is 0 Å². The number of anilines is 2. The van der Waals surface area contributed by atoms with Gasteiger partial charge in [0.25, 0.3) is 0 Å². The number of thioether (sulfide) groups is 1. The maximum Gasteiger partial charge on any atom is 0.234 e. The van der Waals surface area contributed by atoms with Crippen LogP contribution in [0.2, 0.25) is 0 Å². The molecular weight excluding hydrogens is 236 g/mol. The minimum absolute atomic E-state index is 0.0534. The standard InChI is InChI=1S/C12H16N2O2S/c1-14(5-2-6-15)9-3-4-11-10(7-9)13-12(16)8-17-11/h3-4,7,15H,2,5-6,8H2,1H3,(H,13,16). The van der Waals surface area contributed by atoms with Crippen LogP contribution >= 0.6 is 11.8 Å². The number of aliphatic hydroxyl groups is 1. The molecule has 0 fully saturated rings. The fraction of sp³-hybridized carbons (Fsp3) is 0.417. The van der Waals surface area contributed by atoms with Gasteiger partial charge in [-0.05, 0) is 24.6 Å². The summed E-state index contributed by atoms with van der Waals surface area (Å²) in [6, 6.07) is 6.06. The Hall–Kier alpha value is -1.20. The Morgan fingerprint density at radius 1 is 1.53 bits per heavy atom. The number of nitrogens with one attached hydrogen (secondary N) is 1. The van der Waals surface area contributed by atoms with E-state index < -0.39 is 0 Å². The van der Waals surface area contributed by atoms with E-state index in [4.69, 9.17) is 5.11 Å². The molecule has 17 heavy (non-hydrogen) atoms. The van der Waals surface area contributed by atoms with Gasteiger partial charge in [-0.1, -0.05) is 0 Å². The van der Waals surface area contributed by atoms with E-state index in [0.29, 0.717) is 5.75 Å². The smallest absolute Gasteiger partial charge is 0.234 e. The van der Waals surface area contributed by atoms with Crippen molar-refractivity contribution in [2.45, 2.75) is 11.3 Å². The third-order valence-corrected chi connectivity index (χ3v) is 3.76. The lowest BCUT2D eigenvalue weighted by Gasteiger charge is -2.22. The van der Waals surface area contributed by atoms with Crippen molar-refractivity contribution in [2.75, 3.05) is 36.2 Å². The van der Waals surface area contributed by atoms with Crippen LogP contribution in [0.25, 0.3) is 0 Å². The lowest BCUT2D eigenvalue weighted by atomic mass is 10.2. The molecule has 2 rings (SSSR count). The van der Waals surface area contributed by atoms with Gasteiger partial charge in [0.15, 0.2) is 0 Å². The molecule has 0 bridgehead atoms. The van der Waals surface area contributed by atoms with Gasteiger partial charge >= 0.3 is 0 Å². The maximum absolute atomic E-state index is 11.3. The van der Waals surface area contributed by atoms with Gasteiger partial charge in [0.2, 0.25) is 5.91 Å². The molecule has 0 aromatic heterocycles. The predicted molar refractivity (Wildman–Crippen MR) is 70.8 cm³/mol. The zero-order valence-corrected chi connectivity index (χ0v) is 10.6. The summed E-state index contributed by atoms with van der Waals surface area (Å²) < 4.78 is 0. The van der Waals surface area contributed by atoms with Gasteiger partial charge in [-0.2, -0.15) is 0 Å². The van der Waals surface area contributed by atoms with E-state index in [1.54, 1.807) is 11.8 Å². The van der Waals surface area contributed by atoms with Crippen LogP contribution in [0.15, 0.2) is 23.1 Å². The van der Waals surface area contributed by atoms with Crippen LogP contribution in [0.4, 0.5) is 11.4 Å². The van der Waals surface area contributed by atoms with Crippen molar-refractivity contribution in [2.24, 2.45) is 0 Å². The first-order chi connectivity index (χ1) is 8.20. The second kappa shape index (κ2) is 5.42. The van der Waals surface area contributed by atoms with E-state index in [1.165, 1.54) is 0 Å². The average Bonchev–Trinajstić information content (AvgIpc) is 2.35. The molecule has 5 heteroatoms. The highest BCUT2D eigenvalue weighted by molar-refractivity contribution is 8.00. The number of carbonyl (C=O) groups excluding carboxylic acids is 1. The normalized spacial score (nSPS) is 14.1. The molecule has 0 radical (unpaired) electrons. The number of hydrogen-bond donors (Lipinski definition) is 2. The van der Waals surface area contributed by atoms with Gasteiger partial charge < -0.3 is 15.3 Å². The largest absolute Gasteiger partial charge is 0.396 e. The SMILES string of the molecule is CN(CCCO)c1ccc2c(c1)NC(=O)CS2. The Morgan fingerprint density at radius 2 is 2.35 bits per heavy atom. The topological polar surface area (TPSA) is 52.6 Å². The third-order valence-electron chi connectivity index (χ3n) is 2.69. The maximum atomic E-state index is 11.3. The molecule has 92 valence electrons. The van der Waals surface area contributed by atoms with E-state index in [2.05, 4.69) is 10.2 Å². The highest BCUT2D eigenvalue weighted by atomic mass is 32.2. The first-order valence-corrected chi connectivity index (χ1v) is 6.58. The van der Waals surface area contributed by atoms with Gasteiger partial charge in [-0.15, -0.1) is 11.8 Å². The lowest BCUT2D eigenvalue weighted by Crippen LogP contribution is -2.21. The fourth-order valence-electron chi connectivity index (χ4n) is 1.75. The molecule has 1 aliphatic rings. The number of benzene rings is 1. The molecule has 0 spiro atoms. The molecular formula is C12H16N2O2S. The summed E-state index contributed by atoms with van der Waals surface area (Å²) in [4.78, 5) is 14.5. The van der Waals surface area contributed by atoms with Crippen molar-refractivity contribution in [3.63, 3.8) is 0 Å². The van der Waals surface area contributed by atoms with Gasteiger partial charge in [-0.25, -0.2) is 0 Å². The van der Waals surface area contributed by atoms with Crippen molar-refractivity contribution in [1.29, 1.82) is 0 Å². The monoisotopic (exact) mass is 252 g/mol. The van der Waals surface area contributed by atoms with Crippen molar-refractivity contribution in [1.82, 2.24) is 0 Å². The molecule has 0 saturated heterocycles. The molecule has 0 aliphatic carbocycles. The van der Waals surface area contributed by atoms with E-state index >= 15 is 0 Å². The van der Waals surface area contributed by atoms with Crippen molar-refractivity contribution < 1.29 is 9.90 Å². The highest BCUT2D eigenvalue weighted by Gasteiger charge is 2.16. The van der Waals surface area contributed by atoms with Gasteiger partial charge in [0.1, 0.15) is 0 Å². The Balaban J connectivity index is 2.14. The van der Waals surface area contributed by atoms with Crippen LogP contribution in [-0.4, -0.2) is 37.0 Å². The summed E-state index contributed by atoms with van der Waals surface area (Å²) in [6.07, 6.45) is 0.745.